The molecule has 0 aliphatic heterocycles. The molecule has 3 rings (SSSR count). The molecule has 0 bridgehead atoms. The summed E-state index contributed by atoms with van der Waals surface area (Å²) in [5.74, 6) is 0.992. The highest BCUT2D eigenvalue weighted by atomic mass is 32.2. The first-order valence-corrected chi connectivity index (χ1v) is 8.48. The number of nitrogens with zero attached hydrogens (tertiary/aromatic N) is 4. The number of alkyl halides is 3. The smallest absolute Gasteiger partial charge is 0.218 e. The van der Waals surface area contributed by atoms with Crippen LogP contribution in [0.1, 0.15) is 22.5 Å². The molecular weight excluding hydrogens is 349 g/mol. The Hall–Kier alpha value is -2.35. The Kier molecular flexibility index (Phi) is 4.80. The van der Waals surface area contributed by atoms with Gasteiger partial charge in [-0.25, -0.2) is 4.68 Å². The van der Waals surface area contributed by atoms with E-state index >= 15 is 0 Å². The Morgan fingerprint density at radius 2 is 1.84 bits per heavy atom. The third kappa shape index (κ3) is 4.19. The highest BCUT2D eigenvalue weighted by molar-refractivity contribution is 7.98. The quantitative estimate of drug-likeness (QED) is 0.635. The summed E-state index contributed by atoms with van der Waals surface area (Å²) in [6.07, 6.45) is -4.33. The van der Waals surface area contributed by atoms with Crippen molar-refractivity contribution in [2.75, 3.05) is 0 Å². The van der Waals surface area contributed by atoms with E-state index in [9.17, 15) is 13.2 Å². The van der Waals surface area contributed by atoms with E-state index < -0.39 is 11.7 Å². The van der Waals surface area contributed by atoms with E-state index in [0.717, 1.165) is 23.5 Å². The van der Waals surface area contributed by atoms with Crippen LogP contribution in [0.15, 0.2) is 47.5 Å². The number of aromatic nitrogens is 4. The maximum Gasteiger partial charge on any atom is 0.416 e. The number of halogens is 3. The van der Waals surface area contributed by atoms with E-state index in [0.29, 0.717) is 22.2 Å². The monoisotopic (exact) mass is 364 g/mol. The Bertz CT molecular complexity index is 872. The molecule has 0 aliphatic carbocycles. The van der Waals surface area contributed by atoms with Gasteiger partial charge >= 0.3 is 6.18 Å². The summed E-state index contributed by atoms with van der Waals surface area (Å²) < 4.78 is 39.9. The molecule has 4 nitrogen and oxygen atoms in total. The maximum atomic E-state index is 12.7. The first-order chi connectivity index (χ1) is 11.8. The summed E-state index contributed by atoms with van der Waals surface area (Å²) >= 11 is 1.34. The van der Waals surface area contributed by atoms with Crippen molar-refractivity contribution in [2.45, 2.75) is 30.8 Å². The molecule has 0 N–H and O–H groups in total. The summed E-state index contributed by atoms with van der Waals surface area (Å²) in [4.78, 5) is 0. The Morgan fingerprint density at radius 1 is 1.04 bits per heavy atom. The molecule has 0 unspecified atom stereocenters. The molecule has 3 aromatic rings. The largest absolute Gasteiger partial charge is 0.416 e. The van der Waals surface area contributed by atoms with Crippen molar-refractivity contribution in [1.82, 2.24) is 20.0 Å². The van der Waals surface area contributed by atoms with Gasteiger partial charge in [0.25, 0.3) is 0 Å². The fourth-order valence-electron chi connectivity index (χ4n) is 2.36. The zero-order valence-corrected chi connectivity index (χ0v) is 14.4. The molecule has 0 spiro atoms. The molecule has 0 radical (unpaired) electrons. The standard InChI is InChI=1S/C17H15F3N4S/c1-11-8-12(2)24(23-11)15-6-7-16(22-21-15)25-10-13-4-3-5-14(9-13)17(18,19)20/h3-9H,10H2,1-2H3. The van der Waals surface area contributed by atoms with Crippen molar-refractivity contribution in [3.05, 3.63) is 65.0 Å². The predicted octanol–water partition coefficient (Wildman–Crippen LogP) is 4.59. The van der Waals surface area contributed by atoms with Crippen LogP contribution in [0, 0.1) is 13.8 Å². The topological polar surface area (TPSA) is 43.6 Å². The lowest BCUT2D eigenvalue weighted by Crippen LogP contribution is -2.05. The second kappa shape index (κ2) is 6.87. The highest BCUT2D eigenvalue weighted by Crippen LogP contribution is 2.31. The molecule has 0 saturated carbocycles. The molecule has 0 atom stereocenters. The summed E-state index contributed by atoms with van der Waals surface area (Å²) in [6, 6.07) is 10.8. The number of thioether (sulfide) groups is 1. The lowest BCUT2D eigenvalue weighted by atomic mass is 10.1. The van der Waals surface area contributed by atoms with Gasteiger partial charge in [0.1, 0.15) is 5.03 Å². The van der Waals surface area contributed by atoms with Crippen LogP contribution in [0.5, 0.6) is 0 Å². The van der Waals surface area contributed by atoms with E-state index in [1.807, 2.05) is 19.9 Å². The summed E-state index contributed by atoms with van der Waals surface area (Å²) in [6.45, 7) is 3.83. The van der Waals surface area contributed by atoms with Gasteiger partial charge in [0.05, 0.1) is 11.3 Å². The minimum absolute atomic E-state index is 0.387. The van der Waals surface area contributed by atoms with Gasteiger partial charge in [-0.3, -0.25) is 0 Å². The van der Waals surface area contributed by atoms with Gasteiger partial charge in [0.2, 0.25) is 0 Å². The van der Waals surface area contributed by atoms with Crippen molar-refractivity contribution in [3.63, 3.8) is 0 Å². The number of benzene rings is 1. The molecule has 25 heavy (non-hydrogen) atoms. The molecule has 8 heteroatoms. The SMILES string of the molecule is Cc1cc(C)n(-c2ccc(SCc3cccc(C(F)(F)F)c3)nn2)n1. The lowest BCUT2D eigenvalue weighted by molar-refractivity contribution is -0.137. The van der Waals surface area contributed by atoms with Crippen LogP contribution in [-0.4, -0.2) is 20.0 Å². The van der Waals surface area contributed by atoms with Crippen LogP contribution < -0.4 is 0 Å². The van der Waals surface area contributed by atoms with Crippen molar-refractivity contribution in [2.24, 2.45) is 0 Å². The second-order valence-electron chi connectivity index (χ2n) is 5.56. The predicted molar refractivity (Wildman–Crippen MR) is 89.6 cm³/mol. The average Bonchev–Trinajstić information content (AvgIpc) is 2.91. The maximum absolute atomic E-state index is 12.7. The molecule has 2 aromatic heterocycles. The Morgan fingerprint density at radius 3 is 2.44 bits per heavy atom. The molecule has 0 saturated heterocycles. The van der Waals surface area contributed by atoms with E-state index in [4.69, 9.17) is 0 Å². The second-order valence-corrected chi connectivity index (χ2v) is 6.55. The van der Waals surface area contributed by atoms with Crippen molar-refractivity contribution >= 4 is 11.8 Å². The molecule has 0 amide bonds. The van der Waals surface area contributed by atoms with Gasteiger partial charge < -0.3 is 0 Å². The zero-order chi connectivity index (χ0) is 18.0. The molecule has 2 heterocycles. The van der Waals surface area contributed by atoms with Gasteiger partial charge in [-0.15, -0.1) is 10.2 Å². The van der Waals surface area contributed by atoms with Gasteiger partial charge in [-0.05, 0) is 43.7 Å². The fourth-order valence-corrected chi connectivity index (χ4v) is 3.12. The van der Waals surface area contributed by atoms with E-state index in [2.05, 4.69) is 15.3 Å². The third-order valence-corrected chi connectivity index (χ3v) is 4.48. The van der Waals surface area contributed by atoms with Crippen molar-refractivity contribution in [1.29, 1.82) is 0 Å². The number of hydrogen-bond donors (Lipinski definition) is 0. The third-order valence-electron chi connectivity index (χ3n) is 3.49. The van der Waals surface area contributed by atoms with Crippen molar-refractivity contribution < 1.29 is 13.2 Å². The number of rotatable bonds is 4. The summed E-state index contributed by atoms with van der Waals surface area (Å²) in [5, 5.41) is 13.2. The molecule has 130 valence electrons. The number of hydrogen-bond acceptors (Lipinski definition) is 4. The first-order valence-electron chi connectivity index (χ1n) is 7.49. The highest BCUT2D eigenvalue weighted by Gasteiger charge is 2.30. The van der Waals surface area contributed by atoms with Crippen LogP contribution in [-0.2, 0) is 11.9 Å². The normalized spacial score (nSPS) is 11.7. The number of aryl methyl sites for hydroxylation is 2. The van der Waals surface area contributed by atoms with E-state index in [1.54, 1.807) is 22.9 Å². The van der Waals surface area contributed by atoms with Gasteiger partial charge in [0, 0.05) is 11.4 Å². The van der Waals surface area contributed by atoms with Gasteiger partial charge in [-0.1, -0.05) is 30.0 Å². The van der Waals surface area contributed by atoms with Crippen LogP contribution in [0.2, 0.25) is 0 Å². The first kappa shape index (κ1) is 17.5. The lowest BCUT2D eigenvalue weighted by Gasteiger charge is -2.08. The molecule has 0 fully saturated rings. The minimum Gasteiger partial charge on any atom is -0.218 e. The Balaban J connectivity index is 1.69. The van der Waals surface area contributed by atoms with Crippen LogP contribution in [0.4, 0.5) is 13.2 Å². The molecule has 1 aromatic carbocycles. The van der Waals surface area contributed by atoms with E-state index in [-0.39, 0.29) is 0 Å². The summed E-state index contributed by atoms with van der Waals surface area (Å²) in [5.41, 5.74) is 1.79. The van der Waals surface area contributed by atoms with Crippen LogP contribution in [0.3, 0.4) is 0 Å². The van der Waals surface area contributed by atoms with Gasteiger partial charge in [-0.2, -0.15) is 18.3 Å². The zero-order valence-electron chi connectivity index (χ0n) is 13.6. The van der Waals surface area contributed by atoms with Crippen LogP contribution >= 0.6 is 11.8 Å². The average molecular weight is 364 g/mol. The molecular formula is C17H15F3N4S. The molecule has 0 aliphatic rings. The van der Waals surface area contributed by atoms with Gasteiger partial charge in [0.15, 0.2) is 5.82 Å². The van der Waals surface area contributed by atoms with Crippen LogP contribution in [0.25, 0.3) is 5.82 Å². The van der Waals surface area contributed by atoms with E-state index in [1.165, 1.54) is 17.8 Å². The van der Waals surface area contributed by atoms with Crippen molar-refractivity contribution in [3.8, 4) is 5.82 Å². The summed E-state index contributed by atoms with van der Waals surface area (Å²) in [7, 11) is 0. The Labute approximate surface area is 147 Å². The fraction of sp³-hybridized carbons (Fsp3) is 0.235. The minimum atomic E-state index is -4.33.